The first-order chi connectivity index (χ1) is 8.51. The van der Waals surface area contributed by atoms with E-state index in [1.54, 1.807) is 11.3 Å². The molecular weight excluding hydrogens is 244 g/mol. The van der Waals surface area contributed by atoms with Gasteiger partial charge in [0.25, 0.3) is 0 Å². The smallest absolute Gasteiger partial charge is 0.107 e. The lowest BCUT2D eigenvalue weighted by molar-refractivity contribution is 0.0943. The van der Waals surface area contributed by atoms with Crippen molar-refractivity contribution in [2.45, 2.75) is 53.7 Å². The van der Waals surface area contributed by atoms with E-state index in [1.807, 2.05) is 0 Å². The van der Waals surface area contributed by atoms with Gasteiger partial charge in [-0.15, -0.1) is 11.3 Å². The second kappa shape index (κ2) is 7.87. The van der Waals surface area contributed by atoms with Crippen molar-refractivity contribution in [2.75, 3.05) is 13.2 Å². The predicted molar refractivity (Wildman–Crippen MR) is 77.8 cm³/mol. The molecule has 1 rings (SSSR count). The van der Waals surface area contributed by atoms with E-state index in [1.165, 1.54) is 0 Å². The molecule has 3 nitrogen and oxygen atoms in total. The van der Waals surface area contributed by atoms with Crippen LogP contribution in [0.1, 0.15) is 51.2 Å². The summed E-state index contributed by atoms with van der Waals surface area (Å²) in [6.45, 7) is 12.2. The highest BCUT2D eigenvalue weighted by Crippen LogP contribution is 2.18. The number of thiazole rings is 1. The fourth-order valence-electron chi connectivity index (χ4n) is 1.42. The molecule has 0 radical (unpaired) electrons. The van der Waals surface area contributed by atoms with Crippen molar-refractivity contribution in [1.29, 1.82) is 0 Å². The topological polar surface area (TPSA) is 34.2 Å². The van der Waals surface area contributed by atoms with Crippen molar-refractivity contribution in [3.8, 4) is 0 Å². The first-order valence-corrected chi connectivity index (χ1v) is 7.61. The molecule has 1 aromatic rings. The van der Waals surface area contributed by atoms with Crippen molar-refractivity contribution in [2.24, 2.45) is 5.41 Å². The van der Waals surface area contributed by atoms with E-state index in [0.29, 0.717) is 12.0 Å². The summed E-state index contributed by atoms with van der Waals surface area (Å²) in [4.78, 5) is 4.55. The average molecular weight is 270 g/mol. The molecule has 0 unspecified atom stereocenters. The lowest BCUT2D eigenvalue weighted by Crippen LogP contribution is -2.13. The van der Waals surface area contributed by atoms with Crippen molar-refractivity contribution >= 4 is 11.3 Å². The standard InChI is InChI=1S/C14H26N2OS/c1-5-7-15-9-13-16-12(11-18-13)10-17-8-6-14(2,3)4/h11,15H,5-10H2,1-4H3. The Labute approximate surface area is 115 Å². The van der Waals surface area contributed by atoms with Gasteiger partial charge in [0, 0.05) is 18.5 Å². The minimum Gasteiger partial charge on any atom is -0.375 e. The van der Waals surface area contributed by atoms with Gasteiger partial charge in [-0.05, 0) is 24.8 Å². The van der Waals surface area contributed by atoms with E-state index in [4.69, 9.17) is 4.74 Å². The molecule has 1 N–H and O–H groups in total. The van der Waals surface area contributed by atoms with Crippen LogP contribution >= 0.6 is 11.3 Å². The van der Waals surface area contributed by atoms with Crippen LogP contribution in [0.25, 0.3) is 0 Å². The third-order valence-corrected chi connectivity index (χ3v) is 3.45. The second-order valence-electron chi connectivity index (χ2n) is 5.77. The van der Waals surface area contributed by atoms with Gasteiger partial charge in [-0.1, -0.05) is 27.7 Å². The maximum Gasteiger partial charge on any atom is 0.107 e. The lowest BCUT2D eigenvalue weighted by Gasteiger charge is -2.17. The van der Waals surface area contributed by atoms with Crippen LogP contribution in [0.5, 0.6) is 0 Å². The Morgan fingerprint density at radius 3 is 2.83 bits per heavy atom. The number of hydrogen-bond donors (Lipinski definition) is 1. The Kier molecular flexibility index (Phi) is 6.82. The molecule has 0 aliphatic heterocycles. The Hall–Kier alpha value is -0.450. The molecule has 1 aromatic heterocycles. The van der Waals surface area contributed by atoms with Gasteiger partial charge in [-0.3, -0.25) is 0 Å². The molecule has 104 valence electrons. The summed E-state index contributed by atoms with van der Waals surface area (Å²) in [7, 11) is 0. The molecule has 0 aliphatic carbocycles. The molecule has 0 amide bonds. The molecule has 18 heavy (non-hydrogen) atoms. The van der Waals surface area contributed by atoms with E-state index in [2.05, 4.69) is 43.4 Å². The van der Waals surface area contributed by atoms with Gasteiger partial charge in [0.15, 0.2) is 0 Å². The first-order valence-electron chi connectivity index (χ1n) is 6.73. The number of nitrogens with zero attached hydrogens (tertiary/aromatic N) is 1. The monoisotopic (exact) mass is 270 g/mol. The number of aromatic nitrogens is 1. The zero-order valence-corrected chi connectivity index (χ0v) is 12.9. The SMILES string of the molecule is CCCNCc1nc(COCCC(C)(C)C)cs1. The molecule has 4 heteroatoms. The molecule has 0 aromatic carbocycles. The van der Waals surface area contributed by atoms with Gasteiger partial charge < -0.3 is 10.1 Å². The average Bonchev–Trinajstić information content (AvgIpc) is 2.72. The van der Waals surface area contributed by atoms with Crippen LogP contribution in [0.15, 0.2) is 5.38 Å². The van der Waals surface area contributed by atoms with Crippen LogP contribution in [-0.2, 0) is 17.9 Å². The van der Waals surface area contributed by atoms with E-state index in [0.717, 1.165) is 43.2 Å². The Morgan fingerprint density at radius 2 is 2.17 bits per heavy atom. The zero-order valence-electron chi connectivity index (χ0n) is 12.1. The largest absolute Gasteiger partial charge is 0.375 e. The molecular formula is C14H26N2OS. The van der Waals surface area contributed by atoms with Crippen LogP contribution in [0.4, 0.5) is 0 Å². The van der Waals surface area contributed by atoms with Crippen molar-refractivity contribution in [1.82, 2.24) is 10.3 Å². The maximum atomic E-state index is 5.66. The number of rotatable bonds is 8. The summed E-state index contributed by atoms with van der Waals surface area (Å²) in [6.07, 6.45) is 2.25. The molecule has 0 spiro atoms. The summed E-state index contributed by atoms with van der Waals surface area (Å²) < 4.78 is 5.66. The second-order valence-corrected chi connectivity index (χ2v) is 6.72. The number of ether oxygens (including phenoxy) is 1. The highest BCUT2D eigenvalue weighted by Gasteiger charge is 2.09. The number of nitrogens with one attached hydrogen (secondary N) is 1. The van der Waals surface area contributed by atoms with E-state index in [9.17, 15) is 0 Å². The molecule has 0 atom stereocenters. The Morgan fingerprint density at radius 1 is 1.39 bits per heavy atom. The Balaban J connectivity index is 2.19. The van der Waals surface area contributed by atoms with E-state index in [-0.39, 0.29) is 0 Å². The fraction of sp³-hybridized carbons (Fsp3) is 0.786. The van der Waals surface area contributed by atoms with E-state index < -0.39 is 0 Å². The molecule has 0 aliphatic rings. The minimum absolute atomic E-state index is 0.345. The summed E-state index contributed by atoms with van der Waals surface area (Å²) in [5.41, 5.74) is 1.40. The van der Waals surface area contributed by atoms with Gasteiger partial charge in [0.1, 0.15) is 5.01 Å². The third-order valence-electron chi connectivity index (χ3n) is 2.55. The summed E-state index contributed by atoms with van der Waals surface area (Å²) in [5, 5.41) is 6.61. The normalized spacial score (nSPS) is 12.0. The molecule has 0 bridgehead atoms. The van der Waals surface area contributed by atoms with Gasteiger partial charge in [-0.2, -0.15) is 0 Å². The third kappa shape index (κ3) is 7.09. The van der Waals surface area contributed by atoms with Crippen LogP contribution in [0.3, 0.4) is 0 Å². The quantitative estimate of drug-likeness (QED) is 0.733. The van der Waals surface area contributed by atoms with Gasteiger partial charge in [-0.25, -0.2) is 4.98 Å². The van der Waals surface area contributed by atoms with Crippen LogP contribution in [-0.4, -0.2) is 18.1 Å². The molecule has 1 heterocycles. The van der Waals surface area contributed by atoms with Crippen molar-refractivity contribution in [3.05, 3.63) is 16.1 Å². The summed E-state index contributed by atoms with van der Waals surface area (Å²) in [6, 6.07) is 0. The maximum absolute atomic E-state index is 5.66. The van der Waals surface area contributed by atoms with Gasteiger partial charge >= 0.3 is 0 Å². The van der Waals surface area contributed by atoms with Crippen LogP contribution in [0, 0.1) is 5.41 Å². The van der Waals surface area contributed by atoms with Crippen molar-refractivity contribution < 1.29 is 4.74 Å². The predicted octanol–water partition coefficient (Wildman–Crippen LogP) is 3.60. The first kappa shape index (κ1) is 15.6. The van der Waals surface area contributed by atoms with Crippen LogP contribution in [0.2, 0.25) is 0 Å². The highest BCUT2D eigenvalue weighted by atomic mass is 32.1. The van der Waals surface area contributed by atoms with Gasteiger partial charge in [0.05, 0.1) is 12.3 Å². The summed E-state index contributed by atoms with van der Waals surface area (Å²) >= 11 is 1.71. The molecule has 0 saturated heterocycles. The lowest BCUT2D eigenvalue weighted by atomic mass is 9.93. The number of hydrogen-bond acceptors (Lipinski definition) is 4. The van der Waals surface area contributed by atoms with Crippen molar-refractivity contribution in [3.63, 3.8) is 0 Å². The van der Waals surface area contributed by atoms with E-state index >= 15 is 0 Å². The minimum atomic E-state index is 0.345. The van der Waals surface area contributed by atoms with Gasteiger partial charge in [0.2, 0.25) is 0 Å². The Bertz CT molecular complexity index is 331. The molecule has 0 saturated carbocycles. The highest BCUT2D eigenvalue weighted by molar-refractivity contribution is 7.09. The fourth-order valence-corrected chi connectivity index (χ4v) is 2.17. The zero-order chi connectivity index (χ0) is 13.4. The molecule has 0 fully saturated rings. The summed E-state index contributed by atoms with van der Waals surface area (Å²) in [5.74, 6) is 0. The van der Waals surface area contributed by atoms with Crippen LogP contribution < -0.4 is 5.32 Å².